The number of anilines is 1. The molecule has 3 heterocycles. The van der Waals surface area contributed by atoms with Crippen LogP contribution in [0.25, 0.3) is 22.1 Å². The number of furan rings is 1. The number of nitro groups is 1. The van der Waals surface area contributed by atoms with Crippen LogP contribution in [0.3, 0.4) is 0 Å². The third-order valence-electron chi connectivity index (χ3n) is 7.42. The number of hydrogen-bond donors (Lipinski definition) is 2. The van der Waals surface area contributed by atoms with Gasteiger partial charge in [0.15, 0.2) is 5.11 Å². The standard InChI is InChI=1S/C32H27N5O5S/c1-41-28-19-21(37(39)40)12-13-23(28)26-14-15-27(42-26)31-30(25-10-4-5-17-33-25)35-32(43)36(31)18-16-29(38)34-24-11-6-8-20-7-2-3-9-22(20)24/h2-15,17,19,30-31H,16,18H2,1H3,(H,34,38)(H,35,43). The molecule has 2 atom stereocenters. The lowest BCUT2D eigenvalue weighted by Crippen LogP contribution is -2.32. The zero-order chi connectivity index (χ0) is 29.9. The van der Waals surface area contributed by atoms with E-state index >= 15 is 0 Å². The summed E-state index contributed by atoms with van der Waals surface area (Å²) in [7, 11) is 1.45. The fourth-order valence-electron chi connectivity index (χ4n) is 5.38. The Morgan fingerprint density at radius 3 is 2.70 bits per heavy atom. The molecule has 0 saturated carbocycles. The van der Waals surface area contributed by atoms with Crippen molar-refractivity contribution in [1.29, 1.82) is 0 Å². The average molecular weight is 594 g/mol. The number of carbonyl (C=O) groups excluding carboxylic acids is 1. The van der Waals surface area contributed by atoms with Gasteiger partial charge in [0, 0.05) is 36.3 Å². The maximum atomic E-state index is 13.2. The Hall–Kier alpha value is -5.29. The first-order valence-electron chi connectivity index (χ1n) is 13.6. The topological polar surface area (TPSA) is 123 Å². The molecule has 0 bridgehead atoms. The molecule has 1 aliphatic heterocycles. The van der Waals surface area contributed by atoms with Gasteiger partial charge in [-0.1, -0.05) is 42.5 Å². The lowest BCUT2D eigenvalue weighted by atomic mass is 10.0. The van der Waals surface area contributed by atoms with E-state index in [0.717, 1.165) is 22.2 Å². The molecule has 1 amide bonds. The Morgan fingerprint density at radius 1 is 1.09 bits per heavy atom. The molecule has 2 unspecified atom stereocenters. The molecule has 2 N–H and O–H groups in total. The highest BCUT2D eigenvalue weighted by Crippen LogP contribution is 2.42. The number of methoxy groups -OCH3 is 1. The molecule has 3 aromatic carbocycles. The number of non-ortho nitro benzene ring substituents is 1. The smallest absolute Gasteiger partial charge is 0.273 e. The summed E-state index contributed by atoms with van der Waals surface area (Å²) in [4.78, 5) is 30.4. The normalized spacial score (nSPS) is 16.2. The van der Waals surface area contributed by atoms with Crippen LogP contribution in [0.5, 0.6) is 5.75 Å². The van der Waals surface area contributed by atoms with Crippen LogP contribution in [-0.2, 0) is 4.79 Å². The highest BCUT2D eigenvalue weighted by atomic mass is 32.1. The van der Waals surface area contributed by atoms with Crippen LogP contribution in [0.1, 0.15) is 30.0 Å². The van der Waals surface area contributed by atoms with E-state index in [9.17, 15) is 14.9 Å². The van der Waals surface area contributed by atoms with Crippen LogP contribution in [0.15, 0.2) is 102 Å². The molecule has 2 aromatic heterocycles. The average Bonchev–Trinajstić information content (AvgIpc) is 3.64. The molecule has 11 heteroatoms. The second-order valence-electron chi connectivity index (χ2n) is 9.99. The molecule has 1 fully saturated rings. The molecule has 5 aromatic rings. The zero-order valence-corrected chi connectivity index (χ0v) is 23.9. The van der Waals surface area contributed by atoms with E-state index in [2.05, 4.69) is 15.6 Å². The summed E-state index contributed by atoms with van der Waals surface area (Å²) in [6.45, 7) is 0.327. The van der Waals surface area contributed by atoms with Gasteiger partial charge in [-0.15, -0.1) is 0 Å². The van der Waals surface area contributed by atoms with E-state index in [0.29, 0.717) is 34.5 Å². The summed E-state index contributed by atoms with van der Waals surface area (Å²) in [5, 5.41) is 20.2. The molecule has 10 nitrogen and oxygen atoms in total. The lowest BCUT2D eigenvalue weighted by molar-refractivity contribution is -0.384. The van der Waals surface area contributed by atoms with Crippen molar-refractivity contribution in [3.8, 4) is 17.1 Å². The first-order valence-corrected chi connectivity index (χ1v) is 14.0. The van der Waals surface area contributed by atoms with Crippen LogP contribution < -0.4 is 15.4 Å². The van der Waals surface area contributed by atoms with E-state index in [1.165, 1.54) is 19.2 Å². The molecule has 1 saturated heterocycles. The Morgan fingerprint density at radius 2 is 1.91 bits per heavy atom. The minimum atomic E-state index is -0.475. The quantitative estimate of drug-likeness (QED) is 0.113. The number of nitro benzene ring substituents is 1. The Bertz CT molecular complexity index is 1820. The summed E-state index contributed by atoms with van der Waals surface area (Å²) in [6, 6.07) is 26.6. The van der Waals surface area contributed by atoms with Crippen LogP contribution >= 0.6 is 12.2 Å². The van der Waals surface area contributed by atoms with Gasteiger partial charge in [-0.05, 0) is 54.0 Å². The van der Waals surface area contributed by atoms with Crippen molar-refractivity contribution < 1.29 is 18.9 Å². The number of nitrogens with one attached hydrogen (secondary N) is 2. The first-order chi connectivity index (χ1) is 20.9. The summed E-state index contributed by atoms with van der Waals surface area (Å²) in [6.07, 6.45) is 1.90. The van der Waals surface area contributed by atoms with Crippen molar-refractivity contribution in [2.75, 3.05) is 19.0 Å². The highest BCUT2D eigenvalue weighted by Gasteiger charge is 2.41. The summed E-state index contributed by atoms with van der Waals surface area (Å²) < 4.78 is 11.8. The third kappa shape index (κ3) is 5.62. The minimum absolute atomic E-state index is 0.0825. The third-order valence-corrected chi connectivity index (χ3v) is 7.77. The molecule has 6 rings (SSSR count). The number of hydrogen-bond acceptors (Lipinski definition) is 7. The van der Waals surface area contributed by atoms with Gasteiger partial charge in [-0.25, -0.2) is 0 Å². The number of ether oxygens (including phenoxy) is 1. The number of carbonyl (C=O) groups is 1. The minimum Gasteiger partial charge on any atom is -0.496 e. The van der Waals surface area contributed by atoms with Gasteiger partial charge in [-0.2, -0.15) is 0 Å². The van der Waals surface area contributed by atoms with Gasteiger partial charge in [0.2, 0.25) is 5.91 Å². The Labute approximate surface area is 252 Å². The number of amides is 1. The highest BCUT2D eigenvalue weighted by molar-refractivity contribution is 7.80. The zero-order valence-electron chi connectivity index (χ0n) is 23.1. The second kappa shape index (κ2) is 11.9. The summed E-state index contributed by atoms with van der Waals surface area (Å²) >= 11 is 5.75. The number of fused-ring (bicyclic) bond motifs is 1. The largest absolute Gasteiger partial charge is 0.496 e. The predicted octanol–water partition coefficient (Wildman–Crippen LogP) is 6.41. The number of thiocarbonyl (C=S) groups is 1. The first kappa shape index (κ1) is 27.9. The van der Waals surface area contributed by atoms with Crippen molar-refractivity contribution in [3.63, 3.8) is 0 Å². The van der Waals surface area contributed by atoms with E-state index in [-0.39, 0.29) is 24.1 Å². The van der Waals surface area contributed by atoms with E-state index in [1.807, 2.05) is 71.6 Å². The molecule has 43 heavy (non-hydrogen) atoms. The molecular formula is C32H27N5O5S. The van der Waals surface area contributed by atoms with Crippen LogP contribution in [0.4, 0.5) is 11.4 Å². The number of aromatic nitrogens is 1. The molecule has 1 aliphatic rings. The second-order valence-corrected chi connectivity index (χ2v) is 10.4. The van der Waals surface area contributed by atoms with Crippen LogP contribution in [0, 0.1) is 10.1 Å². The van der Waals surface area contributed by atoms with E-state index in [1.54, 1.807) is 18.3 Å². The summed E-state index contributed by atoms with van der Waals surface area (Å²) in [5.41, 5.74) is 2.01. The fraction of sp³-hybridized carbons (Fsp3) is 0.156. The van der Waals surface area contributed by atoms with E-state index < -0.39 is 11.0 Å². The number of pyridine rings is 1. The van der Waals surface area contributed by atoms with Gasteiger partial charge >= 0.3 is 0 Å². The molecule has 0 spiro atoms. The van der Waals surface area contributed by atoms with Crippen LogP contribution in [-0.4, -0.2) is 39.5 Å². The van der Waals surface area contributed by atoms with E-state index in [4.69, 9.17) is 21.4 Å². The summed E-state index contributed by atoms with van der Waals surface area (Å²) in [5.74, 6) is 1.24. The van der Waals surface area contributed by atoms with Gasteiger partial charge in [0.25, 0.3) is 5.69 Å². The fourth-order valence-corrected chi connectivity index (χ4v) is 5.71. The molecule has 0 aliphatic carbocycles. The lowest BCUT2D eigenvalue weighted by Gasteiger charge is -2.26. The number of benzene rings is 3. The van der Waals surface area contributed by atoms with Gasteiger partial charge in [-0.3, -0.25) is 19.9 Å². The molecule has 0 radical (unpaired) electrons. The van der Waals surface area contributed by atoms with Gasteiger partial charge in [0.05, 0.1) is 35.4 Å². The Kier molecular flexibility index (Phi) is 7.71. The maximum absolute atomic E-state index is 13.2. The maximum Gasteiger partial charge on any atom is 0.273 e. The van der Waals surface area contributed by atoms with Crippen LogP contribution in [0.2, 0.25) is 0 Å². The predicted molar refractivity (Wildman–Crippen MR) is 167 cm³/mol. The van der Waals surface area contributed by atoms with Crippen molar-refractivity contribution in [1.82, 2.24) is 15.2 Å². The van der Waals surface area contributed by atoms with Gasteiger partial charge in [0.1, 0.15) is 23.3 Å². The van der Waals surface area contributed by atoms with Crippen molar-refractivity contribution in [2.45, 2.75) is 18.5 Å². The number of rotatable bonds is 9. The Balaban J connectivity index is 1.27. The van der Waals surface area contributed by atoms with Gasteiger partial charge < -0.3 is 24.7 Å². The van der Waals surface area contributed by atoms with Crippen molar-refractivity contribution >= 4 is 45.4 Å². The van der Waals surface area contributed by atoms with Crippen molar-refractivity contribution in [2.24, 2.45) is 0 Å². The van der Waals surface area contributed by atoms with Crippen molar-refractivity contribution in [3.05, 3.63) is 119 Å². The SMILES string of the molecule is COc1cc([N+](=O)[O-])ccc1-c1ccc(C2C(c3ccccn3)NC(=S)N2CCC(=O)Nc2cccc3ccccc23)o1. The molecule has 216 valence electrons. The number of nitrogens with zero attached hydrogens (tertiary/aromatic N) is 3. The monoisotopic (exact) mass is 593 g/mol. The molecular weight excluding hydrogens is 566 g/mol.